The molecule has 1 aliphatic carbocycles. The van der Waals surface area contributed by atoms with Crippen LogP contribution < -0.4 is 0 Å². The topological polar surface area (TPSA) is 75.3 Å². The van der Waals surface area contributed by atoms with E-state index in [1.54, 1.807) is 12.4 Å². The van der Waals surface area contributed by atoms with Gasteiger partial charge in [0.25, 0.3) is 8.32 Å². The first-order chi connectivity index (χ1) is 14.1. The van der Waals surface area contributed by atoms with Gasteiger partial charge < -0.3 is 10.3 Å². The first-order valence-electron chi connectivity index (χ1n) is 10.1. The van der Waals surface area contributed by atoms with Gasteiger partial charge in [-0.25, -0.2) is 0 Å². The van der Waals surface area contributed by atoms with E-state index >= 15 is 0 Å². The van der Waals surface area contributed by atoms with Crippen molar-refractivity contribution in [3.63, 3.8) is 0 Å². The van der Waals surface area contributed by atoms with Gasteiger partial charge in [-0.2, -0.15) is 11.3 Å². The predicted octanol–water partition coefficient (Wildman–Crippen LogP) is 6.88. The van der Waals surface area contributed by atoms with Crippen LogP contribution >= 0.6 is 11.3 Å². The van der Waals surface area contributed by atoms with Crippen molar-refractivity contribution in [3.8, 4) is 0 Å². The SMILES string of the molecule is CC(C)(C)[Si](C)(C)O/N=C1\CCc2cc(C(=O)c3c([NH-])sc4cnccc34)ccc21.[Rf]. The molecule has 0 unspecified atom stereocenters. The van der Waals surface area contributed by atoms with Crippen molar-refractivity contribution in [3.05, 3.63) is 64.6 Å². The molecule has 2 aromatic heterocycles. The second kappa shape index (κ2) is 7.63. The summed E-state index contributed by atoms with van der Waals surface area (Å²) in [5.74, 6) is -0.108. The number of rotatable bonds is 4. The molecule has 0 bridgehead atoms. The Morgan fingerprint density at radius 2 is 1.97 bits per heavy atom. The molecule has 1 N–H and O–H groups in total. The Bertz CT molecular complexity index is 1180. The number of hydrogen-bond acceptors (Lipinski definition) is 5. The first-order valence-corrected chi connectivity index (χ1v) is 13.8. The number of fused-ring (bicyclic) bond motifs is 2. The van der Waals surface area contributed by atoms with E-state index in [-0.39, 0.29) is 15.8 Å². The molecule has 0 aliphatic heterocycles. The Hall–Kier alpha value is -3.51. The summed E-state index contributed by atoms with van der Waals surface area (Å²) in [5.41, 5.74) is 12.5. The van der Waals surface area contributed by atoms with Crippen molar-refractivity contribution in [2.24, 2.45) is 5.16 Å². The number of hydrogen-bond donors (Lipinski definition) is 0. The van der Waals surface area contributed by atoms with Crippen LogP contribution in [0.2, 0.25) is 18.1 Å². The Labute approximate surface area is 182 Å². The zero-order valence-corrected chi connectivity index (χ0v) is 26.9. The number of benzene rings is 1. The fourth-order valence-corrected chi connectivity index (χ4v) is 4.86. The fraction of sp³-hybridized carbons (Fsp3) is 0.348. The van der Waals surface area contributed by atoms with Crippen molar-refractivity contribution in [2.75, 3.05) is 0 Å². The van der Waals surface area contributed by atoms with Gasteiger partial charge in [0, 0.05) is 34.5 Å². The number of nitrogens with zero attached hydrogens (tertiary/aromatic N) is 2. The van der Waals surface area contributed by atoms with E-state index in [1.807, 2.05) is 24.3 Å². The molecule has 0 saturated heterocycles. The van der Waals surface area contributed by atoms with E-state index in [4.69, 9.17) is 10.3 Å². The summed E-state index contributed by atoms with van der Waals surface area (Å²) in [5, 5.41) is 5.73. The number of nitrogens with one attached hydrogen (secondary N) is 1. The van der Waals surface area contributed by atoms with Gasteiger partial charge in [0.1, 0.15) is 0 Å². The summed E-state index contributed by atoms with van der Waals surface area (Å²) in [6.45, 7) is 11.0. The zero-order chi connectivity index (χ0) is 21.7. The third-order valence-corrected chi connectivity index (χ3v) is 11.3. The average molecular weight is 704 g/mol. The number of carbonyl (C=O) groups excluding carboxylic acids is 1. The second-order valence-corrected chi connectivity index (χ2v) is 15.0. The van der Waals surface area contributed by atoms with Gasteiger partial charge in [0.05, 0.1) is 10.4 Å². The second-order valence-electron chi connectivity index (χ2n) is 9.27. The van der Waals surface area contributed by atoms with Crippen LogP contribution in [-0.4, -0.2) is 24.8 Å². The molecule has 8 heteroatoms. The van der Waals surface area contributed by atoms with Gasteiger partial charge in [0.15, 0.2) is 5.78 Å². The number of thiophene rings is 1. The Morgan fingerprint density at radius 1 is 1.23 bits per heavy atom. The molecule has 158 valence electrons. The largest absolute Gasteiger partial charge is 0.689 e. The van der Waals surface area contributed by atoms with Crippen LogP contribution in [0, 0.1) is 0 Å². The van der Waals surface area contributed by atoms with E-state index in [2.05, 4.69) is 44.0 Å². The molecule has 0 atom stereocenters. The summed E-state index contributed by atoms with van der Waals surface area (Å²) in [4.78, 5) is 17.3. The van der Waals surface area contributed by atoms with Crippen LogP contribution in [0.4, 0.5) is 5.00 Å². The Morgan fingerprint density at radius 3 is 2.68 bits per heavy atom. The maximum Gasteiger partial charge on any atom is 0.286 e. The van der Waals surface area contributed by atoms with Gasteiger partial charge in [0.2, 0.25) is 0 Å². The van der Waals surface area contributed by atoms with Crippen LogP contribution in [-0.2, 0) is 10.9 Å². The number of ketones is 1. The molecular weight excluding hydrogens is 677 g/mol. The monoisotopic (exact) mass is 703 g/mol. The Balaban J connectivity index is 0.00000272. The van der Waals surface area contributed by atoms with Crippen LogP contribution in [0.25, 0.3) is 15.8 Å². The number of aromatic nitrogens is 1. The maximum atomic E-state index is 13.2. The van der Waals surface area contributed by atoms with Crippen LogP contribution in [0.5, 0.6) is 0 Å². The van der Waals surface area contributed by atoms with Crippen LogP contribution in [0.1, 0.15) is 54.2 Å². The molecule has 0 amide bonds. The van der Waals surface area contributed by atoms with Crippen molar-refractivity contribution < 1.29 is 9.32 Å². The van der Waals surface area contributed by atoms with Crippen LogP contribution in [0.3, 0.4) is 0 Å². The van der Waals surface area contributed by atoms with Crippen molar-refractivity contribution >= 4 is 46.2 Å². The minimum Gasteiger partial charge on any atom is -0.689 e. The molecular formula is C23H26N3O2RfSSi-. The number of oxime groups is 1. The third-order valence-electron chi connectivity index (χ3n) is 6.22. The molecule has 2 heterocycles. The summed E-state index contributed by atoms with van der Waals surface area (Å²) >= 11 is 1.29. The van der Waals surface area contributed by atoms with Gasteiger partial charge in [-0.15, -0.1) is 5.16 Å². The van der Waals surface area contributed by atoms with Crippen LogP contribution in [0.15, 0.2) is 41.8 Å². The van der Waals surface area contributed by atoms with Gasteiger partial charge in [-0.1, -0.05) is 37.9 Å². The van der Waals surface area contributed by atoms with Gasteiger partial charge in [-0.3, -0.25) is 9.78 Å². The predicted molar refractivity (Wildman–Crippen MR) is 127 cm³/mol. The molecule has 1 aromatic carbocycles. The van der Waals surface area contributed by atoms with E-state index in [0.29, 0.717) is 11.1 Å². The molecule has 0 radical (unpaired) electrons. The minimum absolute atomic E-state index is 0. The molecule has 3 aromatic rings. The van der Waals surface area contributed by atoms with Gasteiger partial charge in [-0.05, 0) is 48.7 Å². The molecule has 0 fully saturated rings. The number of carbonyl (C=O) groups is 1. The van der Waals surface area contributed by atoms with Crippen molar-refractivity contribution in [2.45, 2.75) is 51.7 Å². The Kier molecular flexibility index (Phi) is 5.46. The maximum absolute atomic E-state index is 13.2. The molecule has 4 rings (SSSR count). The van der Waals surface area contributed by atoms with E-state index in [1.165, 1.54) is 11.3 Å². The molecule has 31 heavy (non-hydrogen) atoms. The summed E-state index contributed by atoms with van der Waals surface area (Å²) in [6, 6.07) is 7.59. The van der Waals surface area contributed by atoms with Crippen molar-refractivity contribution in [1.29, 1.82) is 0 Å². The quantitative estimate of drug-likeness (QED) is 0.169. The summed E-state index contributed by atoms with van der Waals surface area (Å²) in [6.07, 6.45) is 5.04. The number of aryl methyl sites for hydroxylation is 1. The number of pyridine rings is 1. The van der Waals surface area contributed by atoms with Gasteiger partial charge >= 0.3 is 0 Å². The fourth-order valence-electron chi connectivity index (χ4n) is 3.33. The van der Waals surface area contributed by atoms with Crippen molar-refractivity contribution in [1.82, 2.24) is 4.98 Å². The normalized spacial score (nSPS) is 15.1. The first kappa shape index (κ1) is 22.2. The molecule has 0 saturated carbocycles. The molecule has 0 spiro atoms. The summed E-state index contributed by atoms with van der Waals surface area (Å²) < 4.78 is 6.93. The zero-order valence-electron chi connectivity index (χ0n) is 18.7. The molecule has 1 aliphatic rings. The summed E-state index contributed by atoms with van der Waals surface area (Å²) in [7, 11) is -1.96. The van der Waals surface area contributed by atoms with E-state index in [0.717, 1.165) is 39.8 Å². The smallest absolute Gasteiger partial charge is 0.286 e. The van der Waals surface area contributed by atoms with E-state index < -0.39 is 8.32 Å². The van der Waals surface area contributed by atoms with E-state index in [9.17, 15) is 4.79 Å². The minimum atomic E-state index is -1.96. The standard InChI is InChI=1S/C23H27N3O2SSi.Rf/c1-23(2,3)30(4,5)28-26-18-9-7-14-12-15(6-8-16(14)18)21(27)20-17-10-11-25-13-19(17)29-22(20)24;/h6,8,10-13H,7,9H2,1-5H3,(H2,24,25,27);/p-1/b26-18+;. The molecule has 5 nitrogen and oxygen atoms in total. The average Bonchev–Trinajstić information content (AvgIpc) is 3.24. The third kappa shape index (κ3) is 3.82.